The van der Waals surface area contributed by atoms with E-state index >= 15 is 0 Å². The largest absolute Gasteiger partial charge is 0.461 e. The minimum absolute atomic E-state index is 0.0432. The number of alkyl halides is 1. The molecule has 2 rings (SSSR count). The number of ether oxygens (including phenoxy) is 1. The molecule has 0 aromatic heterocycles. The van der Waals surface area contributed by atoms with E-state index in [4.69, 9.17) is 4.74 Å². The zero-order valence-electron chi connectivity index (χ0n) is 6.31. The summed E-state index contributed by atoms with van der Waals surface area (Å²) >= 11 is 3.33. The quantitative estimate of drug-likeness (QED) is 0.497. The molecule has 1 spiro atoms. The van der Waals surface area contributed by atoms with E-state index in [0.29, 0.717) is 0 Å². The molecule has 11 heavy (non-hydrogen) atoms. The van der Waals surface area contributed by atoms with E-state index in [9.17, 15) is 4.79 Å². The molecule has 1 heterocycles. The molecule has 1 aliphatic carbocycles. The summed E-state index contributed by atoms with van der Waals surface area (Å²) in [6.07, 6.45) is 4.38. The lowest BCUT2D eigenvalue weighted by Crippen LogP contribution is -2.33. The Morgan fingerprint density at radius 3 is 2.64 bits per heavy atom. The molecule has 2 aliphatic rings. The van der Waals surface area contributed by atoms with Gasteiger partial charge in [-0.25, -0.2) is 0 Å². The number of hydrogen-bond acceptors (Lipinski definition) is 2. The van der Waals surface area contributed by atoms with Crippen LogP contribution in [0.2, 0.25) is 0 Å². The predicted octanol–water partition coefficient (Wildman–Crippen LogP) is 1.87. The van der Waals surface area contributed by atoms with Crippen molar-refractivity contribution in [3.8, 4) is 0 Å². The van der Waals surface area contributed by atoms with Crippen molar-refractivity contribution in [2.75, 3.05) is 5.33 Å². The van der Waals surface area contributed by atoms with Gasteiger partial charge in [-0.2, -0.15) is 0 Å². The zero-order valence-corrected chi connectivity index (χ0v) is 7.89. The second-order valence-corrected chi connectivity index (χ2v) is 4.17. The molecule has 1 aliphatic heterocycles. The Labute approximate surface area is 74.4 Å². The normalized spacial score (nSPS) is 33.5. The zero-order chi connectivity index (χ0) is 7.90. The highest BCUT2D eigenvalue weighted by atomic mass is 79.9. The van der Waals surface area contributed by atoms with Crippen molar-refractivity contribution >= 4 is 21.9 Å². The maximum absolute atomic E-state index is 11.3. The van der Waals surface area contributed by atoms with Crippen LogP contribution >= 0.6 is 15.9 Å². The third-order valence-electron chi connectivity index (χ3n) is 2.81. The molecule has 1 saturated carbocycles. The molecule has 0 amide bonds. The van der Waals surface area contributed by atoms with Gasteiger partial charge in [0, 0.05) is 11.8 Å². The first-order valence-corrected chi connectivity index (χ1v) is 5.16. The molecule has 3 heteroatoms. The van der Waals surface area contributed by atoms with E-state index < -0.39 is 0 Å². The van der Waals surface area contributed by atoms with Gasteiger partial charge in [0.25, 0.3) is 0 Å². The Balaban J connectivity index is 2.08. The molecule has 62 valence electrons. The smallest absolute Gasteiger partial charge is 0.312 e. The molecule has 1 atom stereocenters. The van der Waals surface area contributed by atoms with Crippen LogP contribution in [-0.4, -0.2) is 17.4 Å². The topological polar surface area (TPSA) is 26.3 Å². The van der Waals surface area contributed by atoms with Crippen LogP contribution in [-0.2, 0) is 9.53 Å². The van der Waals surface area contributed by atoms with Crippen LogP contribution in [0.4, 0.5) is 0 Å². The van der Waals surface area contributed by atoms with Gasteiger partial charge in [0.1, 0.15) is 6.10 Å². The summed E-state index contributed by atoms with van der Waals surface area (Å²) in [6, 6.07) is 0. The van der Waals surface area contributed by atoms with Gasteiger partial charge in [-0.05, 0) is 12.8 Å². The molecular weight excluding hydrogens is 208 g/mol. The van der Waals surface area contributed by atoms with Gasteiger partial charge in [0.05, 0.1) is 5.41 Å². The fourth-order valence-electron chi connectivity index (χ4n) is 1.94. The second kappa shape index (κ2) is 2.47. The molecule has 1 saturated heterocycles. The number of halogens is 1. The van der Waals surface area contributed by atoms with Crippen molar-refractivity contribution < 1.29 is 9.53 Å². The number of rotatable bonds is 1. The highest BCUT2D eigenvalue weighted by Gasteiger charge is 2.52. The van der Waals surface area contributed by atoms with E-state index in [0.717, 1.165) is 24.6 Å². The Kier molecular flexibility index (Phi) is 1.71. The van der Waals surface area contributed by atoms with Crippen molar-refractivity contribution in [1.29, 1.82) is 0 Å². The van der Waals surface area contributed by atoms with Crippen molar-refractivity contribution in [3.05, 3.63) is 0 Å². The lowest BCUT2D eigenvalue weighted by molar-refractivity contribution is -0.151. The predicted molar refractivity (Wildman–Crippen MR) is 44.6 cm³/mol. The number of hydrogen-bond donors (Lipinski definition) is 0. The second-order valence-electron chi connectivity index (χ2n) is 3.52. The van der Waals surface area contributed by atoms with E-state index in [-0.39, 0.29) is 17.5 Å². The fraction of sp³-hybridized carbons (Fsp3) is 0.875. The van der Waals surface area contributed by atoms with E-state index in [1.807, 2.05) is 0 Å². The summed E-state index contributed by atoms with van der Waals surface area (Å²) in [5.74, 6) is 0.0493. The molecule has 0 radical (unpaired) electrons. The molecule has 0 N–H and O–H groups in total. The highest BCUT2D eigenvalue weighted by molar-refractivity contribution is 9.09. The number of esters is 1. The van der Waals surface area contributed by atoms with E-state index in [1.165, 1.54) is 6.42 Å². The monoisotopic (exact) mass is 218 g/mol. The SMILES string of the molecule is O=C1O[C@H](CBr)CC12CCC2. The van der Waals surface area contributed by atoms with Crippen LogP contribution in [0.1, 0.15) is 25.7 Å². The van der Waals surface area contributed by atoms with Crippen molar-refractivity contribution in [1.82, 2.24) is 0 Å². The van der Waals surface area contributed by atoms with Crippen LogP contribution in [0.15, 0.2) is 0 Å². The Morgan fingerprint density at radius 2 is 2.36 bits per heavy atom. The Morgan fingerprint density at radius 1 is 1.64 bits per heavy atom. The minimum atomic E-state index is -0.0432. The highest BCUT2D eigenvalue weighted by Crippen LogP contribution is 2.50. The van der Waals surface area contributed by atoms with Crippen LogP contribution in [0, 0.1) is 5.41 Å². The standard InChI is InChI=1S/C8H11BrO2/c9-5-6-4-8(2-1-3-8)7(10)11-6/h6H,1-5H2/t6-/m0/s1. The maximum atomic E-state index is 11.3. The molecule has 0 aromatic rings. The first-order valence-electron chi connectivity index (χ1n) is 4.04. The van der Waals surface area contributed by atoms with Crippen LogP contribution < -0.4 is 0 Å². The minimum Gasteiger partial charge on any atom is -0.461 e. The van der Waals surface area contributed by atoms with E-state index in [1.54, 1.807) is 0 Å². The first-order chi connectivity index (χ1) is 5.27. The van der Waals surface area contributed by atoms with Crippen molar-refractivity contribution in [3.63, 3.8) is 0 Å². The summed E-state index contributed by atoms with van der Waals surface area (Å²) in [5, 5.41) is 0.792. The summed E-state index contributed by atoms with van der Waals surface area (Å²) in [4.78, 5) is 11.3. The van der Waals surface area contributed by atoms with Crippen LogP contribution in [0.25, 0.3) is 0 Å². The van der Waals surface area contributed by atoms with Crippen LogP contribution in [0.3, 0.4) is 0 Å². The average Bonchev–Trinajstić information content (AvgIpc) is 2.25. The summed E-state index contributed by atoms with van der Waals surface area (Å²) in [6.45, 7) is 0. The van der Waals surface area contributed by atoms with Crippen LogP contribution in [0.5, 0.6) is 0 Å². The summed E-state index contributed by atoms with van der Waals surface area (Å²) in [5.41, 5.74) is -0.0432. The van der Waals surface area contributed by atoms with Gasteiger partial charge in [0.2, 0.25) is 0 Å². The number of carbonyl (C=O) groups excluding carboxylic acids is 1. The maximum Gasteiger partial charge on any atom is 0.312 e. The lowest BCUT2D eigenvalue weighted by atomic mass is 9.67. The summed E-state index contributed by atoms with van der Waals surface area (Å²) < 4.78 is 5.18. The van der Waals surface area contributed by atoms with Gasteiger partial charge in [-0.3, -0.25) is 4.79 Å². The van der Waals surface area contributed by atoms with Crippen molar-refractivity contribution in [2.45, 2.75) is 31.8 Å². The summed E-state index contributed by atoms with van der Waals surface area (Å²) in [7, 11) is 0. The third-order valence-corrected chi connectivity index (χ3v) is 3.53. The molecule has 0 unspecified atom stereocenters. The Bertz CT molecular complexity index is 187. The molecule has 2 fully saturated rings. The molecule has 0 bridgehead atoms. The van der Waals surface area contributed by atoms with Crippen molar-refractivity contribution in [2.24, 2.45) is 5.41 Å². The molecule has 0 aromatic carbocycles. The first kappa shape index (κ1) is 7.59. The average molecular weight is 219 g/mol. The van der Waals surface area contributed by atoms with Gasteiger partial charge in [-0.1, -0.05) is 22.4 Å². The van der Waals surface area contributed by atoms with Gasteiger partial charge in [-0.15, -0.1) is 0 Å². The number of carbonyl (C=O) groups is 1. The lowest BCUT2D eigenvalue weighted by Gasteiger charge is -2.33. The van der Waals surface area contributed by atoms with Gasteiger partial charge >= 0.3 is 5.97 Å². The fourth-order valence-corrected chi connectivity index (χ4v) is 2.30. The van der Waals surface area contributed by atoms with Gasteiger partial charge < -0.3 is 4.74 Å². The molecule has 2 nitrogen and oxygen atoms in total. The third kappa shape index (κ3) is 1.01. The number of cyclic esters (lactones) is 1. The Hall–Kier alpha value is -0.0500. The van der Waals surface area contributed by atoms with Gasteiger partial charge in [0.15, 0.2) is 0 Å². The molecular formula is C8H11BrO2. The van der Waals surface area contributed by atoms with E-state index in [2.05, 4.69) is 15.9 Å².